The smallest absolute Gasteiger partial charge is 0.0641 e. The average molecular weight is 236 g/mol. The lowest BCUT2D eigenvalue weighted by Crippen LogP contribution is -2.31. The van der Waals surface area contributed by atoms with Crippen molar-refractivity contribution < 1.29 is 0 Å². The van der Waals surface area contributed by atoms with Crippen molar-refractivity contribution in [2.24, 2.45) is 18.2 Å². The molecule has 2 heterocycles. The highest BCUT2D eigenvalue weighted by Crippen LogP contribution is 2.30. The fourth-order valence-electron chi connectivity index (χ4n) is 2.70. The number of rotatable bonds is 3. The van der Waals surface area contributed by atoms with Crippen LogP contribution >= 0.6 is 0 Å². The van der Waals surface area contributed by atoms with Crippen molar-refractivity contribution in [3.63, 3.8) is 0 Å². The maximum Gasteiger partial charge on any atom is 0.0641 e. The van der Waals surface area contributed by atoms with Gasteiger partial charge < -0.3 is 5.73 Å². The van der Waals surface area contributed by atoms with Crippen LogP contribution in [-0.4, -0.2) is 34.3 Å². The number of hydrogen-bond acceptors (Lipinski definition) is 3. The van der Waals surface area contributed by atoms with E-state index >= 15 is 0 Å². The van der Waals surface area contributed by atoms with Gasteiger partial charge in [-0.1, -0.05) is 6.92 Å². The van der Waals surface area contributed by atoms with Crippen molar-refractivity contribution in [3.8, 4) is 0 Å². The lowest BCUT2D eigenvalue weighted by atomic mass is 9.90. The highest BCUT2D eigenvalue weighted by molar-refractivity contribution is 5.24. The van der Waals surface area contributed by atoms with E-state index < -0.39 is 0 Å². The van der Waals surface area contributed by atoms with Crippen LogP contribution in [0.4, 0.5) is 0 Å². The van der Waals surface area contributed by atoms with Crippen molar-refractivity contribution in [3.05, 3.63) is 17.0 Å². The summed E-state index contributed by atoms with van der Waals surface area (Å²) < 4.78 is 1.98. The third-order valence-corrected chi connectivity index (χ3v) is 4.17. The number of likely N-dealkylation sites (tertiary alicyclic amines) is 1. The van der Waals surface area contributed by atoms with Gasteiger partial charge in [0.1, 0.15) is 0 Å². The van der Waals surface area contributed by atoms with Crippen LogP contribution in [0.5, 0.6) is 0 Å². The Morgan fingerprint density at radius 2 is 2.12 bits per heavy atom. The fourth-order valence-corrected chi connectivity index (χ4v) is 2.70. The zero-order valence-corrected chi connectivity index (χ0v) is 11.5. The van der Waals surface area contributed by atoms with Crippen molar-refractivity contribution >= 4 is 0 Å². The van der Waals surface area contributed by atoms with Crippen molar-refractivity contribution in [1.29, 1.82) is 0 Å². The van der Waals surface area contributed by atoms with Crippen molar-refractivity contribution in [2.45, 2.75) is 33.7 Å². The van der Waals surface area contributed by atoms with Gasteiger partial charge in [-0.3, -0.25) is 9.58 Å². The molecule has 1 aliphatic rings. The van der Waals surface area contributed by atoms with E-state index in [0.29, 0.717) is 5.41 Å². The molecule has 1 aromatic heterocycles. The third-order valence-electron chi connectivity index (χ3n) is 4.17. The molecule has 0 bridgehead atoms. The summed E-state index contributed by atoms with van der Waals surface area (Å²) in [5.74, 6) is 0. The third kappa shape index (κ3) is 2.38. The Morgan fingerprint density at radius 3 is 2.59 bits per heavy atom. The van der Waals surface area contributed by atoms with Gasteiger partial charge in [0.15, 0.2) is 0 Å². The summed E-state index contributed by atoms with van der Waals surface area (Å²) in [7, 11) is 2.01. The van der Waals surface area contributed by atoms with Crippen molar-refractivity contribution in [1.82, 2.24) is 14.7 Å². The molecule has 2 N–H and O–H groups in total. The first-order valence-electron chi connectivity index (χ1n) is 6.37. The summed E-state index contributed by atoms with van der Waals surface area (Å²) >= 11 is 0. The predicted molar refractivity (Wildman–Crippen MR) is 69.7 cm³/mol. The van der Waals surface area contributed by atoms with Gasteiger partial charge in [0, 0.05) is 31.4 Å². The molecule has 96 valence electrons. The second-order valence-corrected chi connectivity index (χ2v) is 5.75. The first-order chi connectivity index (χ1) is 7.95. The molecular weight excluding hydrogens is 212 g/mol. The minimum Gasteiger partial charge on any atom is -0.330 e. The molecule has 1 unspecified atom stereocenters. The van der Waals surface area contributed by atoms with Gasteiger partial charge in [0.2, 0.25) is 0 Å². The van der Waals surface area contributed by atoms with E-state index in [1.807, 2.05) is 11.7 Å². The molecule has 4 nitrogen and oxygen atoms in total. The number of aromatic nitrogens is 2. The van der Waals surface area contributed by atoms with Crippen LogP contribution in [0.15, 0.2) is 0 Å². The SMILES string of the molecule is Cc1nn(C)c(C)c1CN1CCC(C)(CN)C1. The number of hydrogen-bond donors (Lipinski definition) is 1. The minimum absolute atomic E-state index is 0.310. The topological polar surface area (TPSA) is 47.1 Å². The van der Waals surface area contributed by atoms with E-state index in [0.717, 1.165) is 31.9 Å². The Labute approximate surface area is 104 Å². The van der Waals surface area contributed by atoms with E-state index in [4.69, 9.17) is 5.73 Å². The Hall–Kier alpha value is -0.870. The van der Waals surface area contributed by atoms with Crippen LogP contribution < -0.4 is 5.73 Å². The molecule has 1 aliphatic heterocycles. The summed E-state index contributed by atoms with van der Waals surface area (Å²) in [5.41, 5.74) is 9.98. The number of aryl methyl sites for hydroxylation is 2. The van der Waals surface area contributed by atoms with Crippen LogP contribution in [-0.2, 0) is 13.6 Å². The summed E-state index contributed by atoms with van der Waals surface area (Å²) in [4.78, 5) is 2.50. The molecule has 1 saturated heterocycles. The van der Waals surface area contributed by atoms with Crippen LogP contribution in [0, 0.1) is 19.3 Å². The van der Waals surface area contributed by atoms with E-state index in [2.05, 4.69) is 30.8 Å². The van der Waals surface area contributed by atoms with Crippen LogP contribution in [0.25, 0.3) is 0 Å². The van der Waals surface area contributed by atoms with Gasteiger partial charge in [-0.25, -0.2) is 0 Å². The summed E-state index contributed by atoms with van der Waals surface area (Å²) in [6.45, 7) is 10.6. The normalized spacial score (nSPS) is 25.7. The summed E-state index contributed by atoms with van der Waals surface area (Å²) in [5, 5.41) is 4.47. The molecule has 0 spiro atoms. The van der Waals surface area contributed by atoms with E-state index in [1.165, 1.54) is 17.7 Å². The van der Waals surface area contributed by atoms with Gasteiger partial charge in [-0.15, -0.1) is 0 Å². The van der Waals surface area contributed by atoms with E-state index in [1.54, 1.807) is 0 Å². The molecule has 17 heavy (non-hydrogen) atoms. The van der Waals surface area contributed by atoms with Crippen LogP contribution in [0.3, 0.4) is 0 Å². The van der Waals surface area contributed by atoms with Gasteiger partial charge >= 0.3 is 0 Å². The molecule has 0 amide bonds. The molecule has 4 heteroatoms. The second kappa shape index (κ2) is 4.42. The molecule has 1 aromatic rings. The number of nitrogens with zero attached hydrogens (tertiary/aromatic N) is 3. The molecule has 0 saturated carbocycles. The Kier molecular flexibility index (Phi) is 3.27. The van der Waals surface area contributed by atoms with Gasteiger partial charge in [-0.05, 0) is 38.8 Å². The quantitative estimate of drug-likeness (QED) is 0.858. The fraction of sp³-hybridized carbons (Fsp3) is 0.769. The molecule has 0 aliphatic carbocycles. The highest BCUT2D eigenvalue weighted by atomic mass is 15.3. The molecule has 0 aromatic carbocycles. The standard InChI is InChI=1S/C13H24N4/c1-10-12(11(2)16(4)15-10)7-17-6-5-13(3,8-14)9-17/h5-9,14H2,1-4H3. The molecular formula is C13H24N4. The van der Waals surface area contributed by atoms with Crippen LogP contribution in [0.2, 0.25) is 0 Å². The first-order valence-corrected chi connectivity index (χ1v) is 6.37. The number of nitrogens with two attached hydrogens (primary N) is 1. The maximum atomic E-state index is 5.84. The zero-order valence-electron chi connectivity index (χ0n) is 11.5. The predicted octanol–water partition coefficient (Wildman–Crippen LogP) is 1.21. The Balaban J connectivity index is 2.08. The lowest BCUT2D eigenvalue weighted by Gasteiger charge is -2.22. The van der Waals surface area contributed by atoms with Crippen LogP contribution in [0.1, 0.15) is 30.3 Å². The molecule has 0 radical (unpaired) electrons. The maximum absolute atomic E-state index is 5.84. The monoisotopic (exact) mass is 236 g/mol. The largest absolute Gasteiger partial charge is 0.330 e. The Morgan fingerprint density at radius 1 is 1.41 bits per heavy atom. The molecule has 1 atom stereocenters. The van der Waals surface area contributed by atoms with Gasteiger partial charge in [0.25, 0.3) is 0 Å². The van der Waals surface area contributed by atoms with Gasteiger partial charge in [0.05, 0.1) is 5.69 Å². The molecule has 1 fully saturated rings. The van der Waals surface area contributed by atoms with Crippen molar-refractivity contribution in [2.75, 3.05) is 19.6 Å². The summed E-state index contributed by atoms with van der Waals surface area (Å²) in [6, 6.07) is 0. The summed E-state index contributed by atoms with van der Waals surface area (Å²) in [6.07, 6.45) is 1.21. The highest BCUT2D eigenvalue weighted by Gasteiger charge is 2.32. The van der Waals surface area contributed by atoms with E-state index in [9.17, 15) is 0 Å². The van der Waals surface area contributed by atoms with Gasteiger partial charge in [-0.2, -0.15) is 5.10 Å². The molecule has 2 rings (SSSR count). The zero-order chi connectivity index (χ0) is 12.6. The van der Waals surface area contributed by atoms with E-state index in [-0.39, 0.29) is 0 Å². The minimum atomic E-state index is 0.310. The average Bonchev–Trinajstić information content (AvgIpc) is 2.77. The second-order valence-electron chi connectivity index (χ2n) is 5.75. The Bertz CT molecular complexity index is 410. The first kappa shape index (κ1) is 12.6. The lowest BCUT2D eigenvalue weighted by molar-refractivity contribution is 0.273.